The third-order valence-electron chi connectivity index (χ3n) is 9.99. The minimum Gasteiger partial charge on any atom is -0.394 e. The van der Waals surface area contributed by atoms with E-state index in [-0.39, 0.29) is 12.5 Å². The van der Waals surface area contributed by atoms with Gasteiger partial charge in [0.05, 0.1) is 18.8 Å². The minimum atomic E-state index is -0.878. The molecule has 3 N–H and O–H groups in total. The van der Waals surface area contributed by atoms with Crippen LogP contribution in [0.2, 0.25) is 0 Å². The number of carbonyl (C=O) groups excluding carboxylic acids is 1. The molecule has 1 amide bonds. The Morgan fingerprint density at radius 2 is 0.789 bits per heavy atom. The second-order valence-corrected chi connectivity index (χ2v) is 15.4. The number of allylic oxidation sites excluding steroid dienone is 17. The zero-order valence-electron chi connectivity index (χ0n) is 37.1. The van der Waals surface area contributed by atoms with E-state index in [9.17, 15) is 15.0 Å². The number of hydrogen-bond donors (Lipinski definition) is 3. The third kappa shape index (κ3) is 44.0. The van der Waals surface area contributed by atoms with Crippen molar-refractivity contribution in [1.29, 1.82) is 0 Å². The summed E-state index contributed by atoms with van der Waals surface area (Å²) in [4.78, 5) is 12.4. The first kappa shape index (κ1) is 54.0. The molecule has 57 heavy (non-hydrogen) atoms. The highest BCUT2D eigenvalue weighted by Crippen LogP contribution is 2.13. The lowest BCUT2D eigenvalue weighted by atomic mass is 10.0. The number of aliphatic hydroxyl groups excluding tert-OH is 2. The summed E-state index contributed by atoms with van der Waals surface area (Å²) in [6.45, 7) is 4.17. The molecule has 0 aromatic carbocycles. The van der Waals surface area contributed by atoms with Crippen molar-refractivity contribution in [1.82, 2.24) is 5.32 Å². The predicted molar refractivity (Wildman–Crippen MR) is 253 cm³/mol. The summed E-state index contributed by atoms with van der Waals surface area (Å²) in [7, 11) is 0. The number of unbranched alkanes of at least 4 members (excludes halogenated alkanes) is 18. The Hall–Kier alpha value is -2.95. The Morgan fingerprint density at radius 1 is 0.439 bits per heavy atom. The quantitative estimate of drug-likeness (QED) is 0.0427. The topological polar surface area (TPSA) is 69.6 Å². The summed E-state index contributed by atoms with van der Waals surface area (Å²) in [5, 5.41) is 23.0. The number of rotatable bonds is 41. The van der Waals surface area contributed by atoms with Gasteiger partial charge in [-0.1, -0.05) is 213 Å². The number of nitrogens with one attached hydrogen (secondary N) is 1. The molecule has 0 saturated heterocycles. The summed E-state index contributed by atoms with van der Waals surface area (Å²) in [5.74, 6) is -0.0976. The molecule has 0 bridgehead atoms. The van der Waals surface area contributed by atoms with E-state index in [0.29, 0.717) is 6.42 Å². The van der Waals surface area contributed by atoms with Gasteiger partial charge in [-0.15, -0.1) is 0 Å². The summed E-state index contributed by atoms with van der Waals surface area (Å²) in [6, 6.07) is -0.658. The molecule has 2 atom stereocenters. The highest BCUT2D eigenvalue weighted by Gasteiger charge is 2.17. The van der Waals surface area contributed by atoms with Crippen LogP contribution in [0.15, 0.2) is 109 Å². The zero-order chi connectivity index (χ0) is 41.4. The molecule has 4 nitrogen and oxygen atoms in total. The minimum absolute atomic E-state index is 0.0976. The molecule has 2 unspecified atom stereocenters. The van der Waals surface area contributed by atoms with E-state index < -0.39 is 12.1 Å². The molecule has 0 saturated carbocycles. The van der Waals surface area contributed by atoms with Crippen LogP contribution in [-0.2, 0) is 4.79 Å². The molecule has 0 aliphatic carbocycles. The Morgan fingerprint density at radius 3 is 1.23 bits per heavy atom. The summed E-state index contributed by atoms with van der Waals surface area (Å²) < 4.78 is 0. The van der Waals surface area contributed by atoms with Gasteiger partial charge in [-0.2, -0.15) is 0 Å². The predicted octanol–water partition coefficient (Wildman–Crippen LogP) is 15.2. The van der Waals surface area contributed by atoms with Gasteiger partial charge < -0.3 is 15.5 Å². The van der Waals surface area contributed by atoms with E-state index in [0.717, 1.165) is 89.9 Å². The number of carbonyl (C=O) groups is 1. The van der Waals surface area contributed by atoms with Gasteiger partial charge in [-0.05, 0) is 89.9 Å². The van der Waals surface area contributed by atoms with Crippen LogP contribution < -0.4 is 5.32 Å². The van der Waals surface area contributed by atoms with E-state index in [2.05, 4.69) is 116 Å². The van der Waals surface area contributed by atoms with Crippen LogP contribution in [0.4, 0.5) is 0 Å². The Balaban J connectivity index is 3.72. The van der Waals surface area contributed by atoms with E-state index in [1.54, 1.807) is 6.08 Å². The molecule has 4 heteroatoms. The molecule has 0 aliphatic rings. The van der Waals surface area contributed by atoms with Gasteiger partial charge in [0, 0.05) is 6.42 Å². The second-order valence-electron chi connectivity index (χ2n) is 15.4. The average molecular weight is 788 g/mol. The summed E-state index contributed by atoms with van der Waals surface area (Å²) in [6.07, 6.45) is 72.0. The van der Waals surface area contributed by atoms with Crippen molar-refractivity contribution in [2.24, 2.45) is 0 Å². The van der Waals surface area contributed by atoms with Crippen molar-refractivity contribution in [3.05, 3.63) is 109 Å². The van der Waals surface area contributed by atoms with Crippen LogP contribution in [-0.4, -0.2) is 34.9 Å². The first-order valence-corrected chi connectivity index (χ1v) is 23.6. The maximum Gasteiger partial charge on any atom is 0.220 e. The van der Waals surface area contributed by atoms with Crippen molar-refractivity contribution < 1.29 is 15.0 Å². The van der Waals surface area contributed by atoms with Crippen molar-refractivity contribution in [2.45, 2.75) is 212 Å². The van der Waals surface area contributed by atoms with Crippen molar-refractivity contribution in [3.63, 3.8) is 0 Å². The largest absolute Gasteiger partial charge is 0.394 e. The Labute approximate surface area is 353 Å². The van der Waals surface area contributed by atoms with Crippen LogP contribution in [0, 0.1) is 0 Å². The molecule has 0 aromatic heterocycles. The van der Waals surface area contributed by atoms with E-state index in [1.807, 2.05) is 6.08 Å². The normalized spacial score (nSPS) is 14.0. The van der Waals surface area contributed by atoms with Gasteiger partial charge in [0.15, 0.2) is 0 Å². The smallest absolute Gasteiger partial charge is 0.220 e. The molecule has 0 fully saturated rings. The van der Waals surface area contributed by atoms with Crippen molar-refractivity contribution in [2.75, 3.05) is 6.61 Å². The summed E-state index contributed by atoms with van der Waals surface area (Å²) in [5.41, 5.74) is 0. The third-order valence-corrected chi connectivity index (χ3v) is 9.99. The fourth-order valence-corrected chi connectivity index (χ4v) is 6.41. The van der Waals surface area contributed by atoms with Gasteiger partial charge in [0.25, 0.3) is 0 Å². The fourth-order valence-electron chi connectivity index (χ4n) is 6.41. The second kappa shape index (κ2) is 47.4. The molecule has 0 aliphatic heterocycles. The molecule has 0 rings (SSSR count). The highest BCUT2D eigenvalue weighted by molar-refractivity contribution is 5.76. The SMILES string of the molecule is CC/C=C\C/C=C\C/C=C\C/C=C\C/C=C\C/C=C\C/C=C\CCCCCCCC(=O)NC(CO)C(O)/C=C/CC/C=C/CCCCCCCCCCCCCC. The summed E-state index contributed by atoms with van der Waals surface area (Å²) >= 11 is 0. The van der Waals surface area contributed by atoms with Gasteiger partial charge in [-0.25, -0.2) is 0 Å². The highest BCUT2D eigenvalue weighted by atomic mass is 16.3. The first-order chi connectivity index (χ1) is 28.2. The monoisotopic (exact) mass is 788 g/mol. The molecule has 0 aromatic rings. The van der Waals surface area contributed by atoms with Crippen LogP contribution in [0.5, 0.6) is 0 Å². The maximum absolute atomic E-state index is 12.4. The number of amides is 1. The van der Waals surface area contributed by atoms with Crippen LogP contribution in [0.3, 0.4) is 0 Å². The van der Waals surface area contributed by atoms with Gasteiger partial charge in [0.2, 0.25) is 5.91 Å². The Bertz CT molecular complexity index is 1120. The van der Waals surface area contributed by atoms with Gasteiger partial charge in [0.1, 0.15) is 0 Å². The lowest BCUT2D eigenvalue weighted by molar-refractivity contribution is -0.123. The Kier molecular flexibility index (Phi) is 45.0. The molecular weight excluding hydrogens is 699 g/mol. The van der Waals surface area contributed by atoms with Crippen LogP contribution >= 0.6 is 0 Å². The standard InChI is InChI=1S/C53H89NO3/c1-3-5-7-9-11-13-15-17-19-21-23-24-25-26-27-28-29-30-31-33-35-37-39-41-43-45-47-49-53(57)54-51(50-55)52(56)48-46-44-42-40-38-36-34-32-22-20-18-16-14-12-10-8-6-4-2/h5,7,11,13,17,19,23-24,26-27,29-30,33,35,38,40,46,48,51-52,55-56H,3-4,6,8-10,12,14-16,18,20-22,25,28,31-32,34,36-37,39,41-45,47,49-50H2,1-2H3,(H,54,57)/b7-5-,13-11-,19-17-,24-23-,27-26-,30-29-,35-33-,40-38+,48-46+. The molecule has 324 valence electrons. The number of aliphatic hydroxyl groups is 2. The van der Waals surface area contributed by atoms with Gasteiger partial charge >= 0.3 is 0 Å². The molecule has 0 radical (unpaired) electrons. The first-order valence-electron chi connectivity index (χ1n) is 23.6. The average Bonchev–Trinajstić information content (AvgIpc) is 3.22. The van der Waals surface area contributed by atoms with E-state index in [4.69, 9.17) is 0 Å². The maximum atomic E-state index is 12.4. The lowest BCUT2D eigenvalue weighted by Gasteiger charge is -2.19. The van der Waals surface area contributed by atoms with Crippen molar-refractivity contribution in [3.8, 4) is 0 Å². The van der Waals surface area contributed by atoms with E-state index in [1.165, 1.54) is 89.9 Å². The fraction of sp³-hybridized carbons (Fsp3) is 0.642. The molecular formula is C53H89NO3. The zero-order valence-corrected chi connectivity index (χ0v) is 37.1. The van der Waals surface area contributed by atoms with Crippen LogP contribution in [0.1, 0.15) is 200 Å². The van der Waals surface area contributed by atoms with Crippen molar-refractivity contribution >= 4 is 5.91 Å². The van der Waals surface area contributed by atoms with Gasteiger partial charge in [-0.3, -0.25) is 4.79 Å². The van der Waals surface area contributed by atoms with E-state index >= 15 is 0 Å². The lowest BCUT2D eigenvalue weighted by Crippen LogP contribution is -2.45. The molecule has 0 heterocycles. The van der Waals surface area contributed by atoms with Crippen LogP contribution in [0.25, 0.3) is 0 Å². The molecule has 0 spiro atoms. The number of hydrogen-bond acceptors (Lipinski definition) is 3.